The molecule has 162 valence electrons. The molecule has 0 saturated heterocycles. The second kappa shape index (κ2) is 7.89. The monoisotopic (exact) mass is 442 g/mol. The van der Waals surface area contributed by atoms with Crippen molar-refractivity contribution in [2.75, 3.05) is 6.61 Å². The van der Waals surface area contributed by atoms with Crippen LogP contribution in [0.4, 0.5) is 0 Å². The minimum absolute atomic E-state index is 0.0890. The van der Waals surface area contributed by atoms with E-state index in [2.05, 4.69) is 19.9 Å². The van der Waals surface area contributed by atoms with Crippen molar-refractivity contribution < 1.29 is 13.2 Å². The molecule has 1 saturated carbocycles. The maximum atomic E-state index is 12.8. The van der Waals surface area contributed by atoms with Gasteiger partial charge in [-0.15, -0.1) is 5.10 Å². The molecule has 3 heterocycles. The van der Waals surface area contributed by atoms with Crippen LogP contribution in [-0.2, 0) is 16.4 Å². The molecule has 1 fully saturated rings. The van der Waals surface area contributed by atoms with Gasteiger partial charge in [0.25, 0.3) is 5.56 Å². The molecule has 2 aliphatic rings. The van der Waals surface area contributed by atoms with Crippen LogP contribution < -0.4 is 15.0 Å². The Labute approximate surface area is 178 Å². The molecule has 5 rings (SSSR count). The number of nitrogens with zero attached hydrogens (tertiary/aromatic N) is 5. The molecular formula is C20H22N6O4S. The summed E-state index contributed by atoms with van der Waals surface area (Å²) in [6, 6.07) is 7.79. The zero-order valence-corrected chi connectivity index (χ0v) is 17.5. The number of rotatable bonds is 5. The van der Waals surface area contributed by atoms with Gasteiger partial charge in [-0.25, -0.2) is 27.5 Å². The Bertz CT molecular complexity index is 1250. The van der Waals surface area contributed by atoms with Crippen LogP contribution in [0.5, 0.6) is 5.75 Å². The molecule has 0 unspecified atom stereocenters. The van der Waals surface area contributed by atoms with Gasteiger partial charge in [0.2, 0.25) is 10.0 Å². The second-order valence-corrected chi connectivity index (χ2v) is 9.52. The minimum atomic E-state index is -3.62. The van der Waals surface area contributed by atoms with E-state index < -0.39 is 10.0 Å². The number of hydrogen-bond donors (Lipinski definition) is 1. The van der Waals surface area contributed by atoms with Crippen LogP contribution in [0.15, 0.2) is 52.7 Å². The summed E-state index contributed by atoms with van der Waals surface area (Å²) >= 11 is 0. The Balaban J connectivity index is 1.27. The number of sulfonamides is 1. The first kappa shape index (κ1) is 19.9. The lowest BCUT2D eigenvalue weighted by atomic mass is 9.92. The van der Waals surface area contributed by atoms with Crippen LogP contribution in [0.1, 0.15) is 37.3 Å². The third-order valence-corrected chi connectivity index (χ3v) is 7.32. The van der Waals surface area contributed by atoms with Crippen molar-refractivity contribution in [2.24, 2.45) is 0 Å². The predicted octanol–water partition coefficient (Wildman–Crippen LogP) is 1.22. The Hall–Kier alpha value is -3.05. The summed E-state index contributed by atoms with van der Waals surface area (Å²) in [4.78, 5) is 16.5. The van der Waals surface area contributed by atoms with E-state index in [9.17, 15) is 13.2 Å². The van der Waals surface area contributed by atoms with E-state index in [0.717, 1.165) is 17.7 Å². The van der Waals surface area contributed by atoms with Gasteiger partial charge in [-0.1, -0.05) is 0 Å². The predicted molar refractivity (Wildman–Crippen MR) is 111 cm³/mol. The number of benzene rings is 1. The van der Waals surface area contributed by atoms with Gasteiger partial charge in [-0.3, -0.25) is 4.79 Å². The van der Waals surface area contributed by atoms with Gasteiger partial charge in [0.05, 0.1) is 17.5 Å². The summed E-state index contributed by atoms with van der Waals surface area (Å²) in [5.74, 6) is 1.27. The summed E-state index contributed by atoms with van der Waals surface area (Å²) in [5.41, 5.74) is 0.734. The van der Waals surface area contributed by atoms with Crippen molar-refractivity contribution in [1.82, 2.24) is 29.3 Å². The van der Waals surface area contributed by atoms with E-state index in [1.54, 1.807) is 24.3 Å². The van der Waals surface area contributed by atoms with Crippen LogP contribution in [0.25, 0.3) is 5.82 Å². The summed E-state index contributed by atoms with van der Waals surface area (Å²) in [6.07, 6.45) is 6.20. The average molecular weight is 443 g/mol. The van der Waals surface area contributed by atoms with Gasteiger partial charge in [0.15, 0.2) is 5.82 Å². The fraction of sp³-hybridized carbons (Fsp3) is 0.400. The Kier molecular flexibility index (Phi) is 5.06. The maximum Gasteiger partial charge on any atom is 0.267 e. The molecule has 11 heteroatoms. The van der Waals surface area contributed by atoms with Gasteiger partial charge in [-0.05, 0) is 55.5 Å². The zero-order valence-electron chi connectivity index (χ0n) is 16.7. The summed E-state index contributed by atoms with van der Waals surface area (Å²) < 4.78 is 36.9. The van der Waals surface area contributed by atoms with E-state index in [4.69, 9.17) is 4.74 Å². The number of ether oxygens (including phenoxy) is 1. The van der Waals surface area contributed by atoms with E-state index in [1.165, 1.54) is 28.1 Å². The van der Waals surface area contributed by atoms with Gasteiger partial charge in [-0.2, -0.15) is 5.10 Å². The largest absolute Gasteiger partial charge is 0.493 e. The fourth-order valence-corrected chi connectivity index (χ4v) is 5.54. The number of aromatic nitrogens is 5. The molecule has 0 bridgehead atoms. The van der Waals surface area contributed by atoms with Crippen LogP contribution in [0.2, 0.25) is 0 Å². The molecule has 1 aliphatic heterocycles. The standard InChI is InChI=1S/C20H22N6O4S/c27-20-8-7-19(25-13-21-12-22-25)23-26(20)16-3-1-15(2-4-16)24-31(28,29)17-5-6-18-14(11-17)9-10-30-18/h5-8,11-13,15-16,24H,1-4,9-10H2. The van der Waals surface area contributed by atoms with Crippen LogP contribution in [0, 0.1) is 0 Å². The fourth-order valence-electron chi connectivity index (χ4n) is 4.18. The van der Waals surface area contributed by atoms with Gasteiger partial charge < -0.3 is 4.74 Å². The lowest BCUT2D eigenvalue weighted by Gasteiger charge is -2.29. The molecule has 3 aromatic rings. The van der Waals surface area contributed by atoms with Crippen molar-refractivity contribution in [1.29, 1.82) is 0 Å². The molecule has 2 aromatic heterocycles. The van der Waals surface area contributed by atoms with Crippen molar-refractivity contribution in [2.45, 2.75) is 49.1 Å². The van der Waals surface area contributed by atoms with Crippen molar-refractivity contribution >= 4 is 10.0 Å². The second-order valence-electron chi connectivity index (χ2n) is 7.81. The molecular weight excluding hydrogens is 420 g/mol. The molecule has 31 heavy (non-hydrogen) atoms. The molecule has 1 aromatic carbocycles. The highest BCUT2D eigenvalue weighted by molar-refractivity contribution is 7.89. The Morgan fingerprint density at radius 3 is 2.71 bits per heavy atom. The van der Waals surface area contributed by atoms with Gasteiger partial charge in [0.1, 0.15) is 18.4 Å². The summed E-state index contributed by atoms with van der Waals surface area (Å²) in [7, 11) is -3.62. The minimum Gasteiger partial charge on any atom is -0.493 e. The Morgan fingerprint density at radius 1 is 1.10 bits per heavy atom. The van der Waals surface area contributed by atoms with Gasteiger partial charge >= 0.3 is 0 Å². The first-order valence-electron chi connectivity index (χ1n) is 10.2. The van der Waals surface area contributed by atoms with E-state index in [-0.39, 0.29) is 22.5 Å². The number of hydrogen-bond acceptors (Lipinski definition) is 7. The van der Waals surface area contributed by atoms with E-state index in [0.29, 0.717) is 38.1 Å². The van der Waals surface area contributed by atoms with Crippen LogP contribution in [0.3, 0.4) is 0 Å². The maximum absolute atomic E-state index is 12.8. The van der Waals surface area contributed by atoms with Crippen molar-refractivity contribution in [3.63, 3.8) is 0 Å². The first-order chi connectivity index (χ1) is 15.0. The lowest BCUT2D eigenvalue weighted by molar-refractivity contribution is 0.285. The smallest absolute Gasteiger partial charge is 0.267 e. The van der Waals surface area contributed by atoms with Crippen LogP contribution >= 0.6 is 0 Å². The SMILES string of the molecule is O=c1ccc(-n2cncn2)nn1C1CCC(NS(=O)(=O)c2ccc3c(c2)CCO3)CC1. The molecule has 0 radical (unpaired) electrons. The highest BCUT2D eigenvalue weighted by atomic mass is 32.2. The molecule has 10 nitrogen and oxygen atoms in total. The summed E-state index contributed by atoms with van der Waals surface area (Å²) in [5, 5.41) is 8.48. The third kappa shape index (κ3) is 3.98. The molecule has 0 spiro atoms. The zero-order chi connectivity index (χ0) is 21.4. The van der Waals surface area contributed by atoms with Crippen LogP contribution in [-0.4, -0.2) is 45.6 Å². The summed E-state index contributed by atoms with van der Waals surface area (Å²) in [6.45, 7) is 0.585. The Morgan fingerprint density at radius 2 is 1.94 bits per heavy atom. The quantitative estimate of drug-likeness (QED) is 0.631. The average Bonchev–Trinajstić information content (AvgIpc) is 3.46. The third-order valence-electron chi connectivity index (χ3n) is 5.80. The number of nitrogens with one attached hydrogen (secondary N) is 1. The number of fused-ring (bicyclic) bond motifs is 1. The normalized spacial score (nSPS) is 20.9. The van der Waals surface area contributed by atoms with Gasteiger partial charge in [0, 0.05) is 18.5 Å². The highest BCUT2D eigenvalue weighted by Crippen LogP contribution is 2.30. The molecule has 0 atom stereocenters. The highest BCUT2D eigenvalue weighted by Gasteiger charge is 2.28. The first-order valence-corrected chi connectivity index (χ1v) is 11.7. The lowest BCUT2D eigenvalue weighted by Crippen LogP contribution is -2.39. The molecule has 1 N–H and O–H groups in total. The van der Waals surface area contributed by atoms with Crippen molar-refractivity contribution in [3.8, 4) is 11.6 Å². The van der Waals surface area contributed by atoms with E-state index >= 15 is 0 Å². The molecule has 1 aliphatic carbocycles. The topological polar surface area (TPSA) is 121 Å². The van der Waals surface area contributed by atoms with E-state index in [1.807, 2.05) is 0 Å². The van der Waals surface area contributed by atoms with Crippen molar-refractivity contribution in [3.05, 3.63) is 58.9 Å². The molecule has 0 amide bonds.